The molecule has 1 aliphatic rings. The number of nitrogens with one attached hydrogen (secondary N) is 1. The molecule has 1 rings (SSSR count). The number of aliphatic imine (C=N–C) groups is 1. The number of methoxy groups -OCH3 is 1. The molecule has 0 heterocycles. The van der Waals surface area contributed by atoms with E-state index in [2.05, 4.69) is 10.3 Å². The van der Waals surface area contributed by atoms with E-state index in [1.165, 1.54) is 7.11 Å². The lowest BCUT2D eigenvalue weighted by molar-refractivity contribution is -0.136. The fraction of sp³-hybridized carbons (Fsp3) is 0.583. The van der Waals surface area contributed by atoms with Crippen LogP contribution in [-0.2, 0) is 14.3 Å². The molecule has 0 saturated carbocycles. The topological polar surface area (TPSA) is 149 Å². The highest BCUT2D eigenvalue weighted by molar-refractivity contribution is 6.01. The molecule has 0 bridgehead atoms. The number of nitrogens with zero attached hydrogens (tertiary/aromatic N) is 1. The zero-order chi connectivity index (χ0) is 16.0. The highest BCUT2D eigenvalue weighted by atomic mass is 16.5. The van der Waals surface area contributed by atoms with Crippen molar-refractivity contribution in [2.24, 2.45) is 4.99 Å². The van der Waals surface area contributed by atoms with Gasteiger partial charge < -0.3 is 30.5 Å². The van der Waals surface area contributed by atoms with Gasteiger partial charge >= 0.3 is 11.9 Å². The summed E-state index contributed by atoms with van der Waals surface area (Å²) in [6.45, 7) is -1.50. The third-order valence-corrected chi connectivity index (χ3v) is 2.90. The van der Waals surface area contributed by atoms with Gasteiger partial charge in [-0.3, -0.25) is 14.6 Å². The van der Waals surface area contributed by atoms with E-state index in [-0.39, 0.29) is 30.0 Å². The summed E-state index contributed by atoms with van der Waals surface area (Å²) in [5.74, 6) is -2.08. The average Bonchev–Trinajstić information content (AvgIpc) is 2.42. The minimum Gasteiger partial charge on any atom is -0.493 e. The van der Waals surface area contributed by atoms with Crippen molar-refractivity contribution < 1.29 is 34.8 Å². The van der Waals surface area contributed by atoms with Gasteiger partial charge in [0.15, 0.2) is 5.76 Å². The molecule has 0 amide bonds. The summed E-state index contributed by atoms with van der Waals surface area (Å²) in [6, 6.07) is 0. The van der Waals surface area contributed by atoms with Crippen molar-refractivity contribution in [1.82, 2.24) is 5.32 Å². The Morgan fingerprint density at radius 2 is 2.00 bits per heavy atom. The van der Waals surface area contributed by atoms with Crippen LogP contribution in [0.15, 0.2) is 16.4 Å². The number of allylic oxidation sites excluding steroid dienone is 1. The number of carboxylic acid groups (broad SMARTS) is 2. The third kappa shape index (κ3) is 4.72. The molecular weight excluding hydrogens is 284 g/mol. The Bertz CT molecular complexity index is 486. The summed E-state index contributed by atoms with van der Waals surface area (Å²) in [5, 5.41) is 39.4. The van der Waals surface area contributed by atoms with Gasteiger partial charge in [0.1, 0.15) is 13.1 Å². The van der Waals surface area contributed by atoms with Gasteiger partial charge in [-0.15, -0.1) is 0 Å². The van der Waals surface area contributed by atoms with Crippen LogP contribution in [-0.4, -0.2) is 70.5 Å². The molecule has 0 radical (unpaired) electrons. The maximum absolute atomic E-state index is 10.6. The van der Waals surface area contributed by atoms with E-state index in [4.69, 9.17) is 14.9 Å². The predicted octanol–water partition coefficient (Wildman–Crippen LogP) is -1.44. The number of aliphatic carboxylic acids is 2. The summed E-state index contributed by atoms with van der Waals surface area (Å²) in [5.41, 5.74) is -1.12. The van der Waals surface area contributed by atoms with Gasteiger partial charge in [-0.2, -0.15) is 0 Å². The number of rotatable bonds is 7. The van der Waals surface area contributed by atoms with Gasteiger partial charge in [-0.1, -0.05) is 0 Å². The maximum Gasteiger partial charge on any atom is 0.325 e. The Hall–Kier alpha value is -2.13. The predicted molar refractivity (Wildman–Crippen MR) is 70.9 cm³/mol. The van der Waals surface area contributed by atoms with Crippen molar-refractivity contribution in [3.63, 3.8) is 0 Å². The lowest BCUT2D eigenvalue weighted by Crippen LogP contribution is -2.44. The van der Waals surface area contributed by atoms with E-state index in [0.717, 1.165) is 0 Å². The highest BCUT2D eigenvalue weighted by Crippen LogP contribution is 2.30. The van der Waals surface area contributed by atoms with Gasteiger partial charge in [-0.05, 0) is 0 Å². The van der Waals surface area contributed by atoms with Gasteiger partial charge in [0.2, 0.25) is 0 Å². The molecule has 1 unspecified atom stereocenters. The van der Waals surface area contributed by atoms with E-state index < -0.39 is 37.2 Å². The van der Waals surface area contributed by atoms with Gasteiger partial charge in [0.05, 0.1) is 30.7 Å². The molecule has 21 heavy (non-hydrogen) atoms. The van der Waals surface area contributed by atoms with Crippen molar-refractivity contribution in [2.45, 2.75) is 18.4 Å². The van der Waals surface area contributed by atoms with Crippen molar-refractivity contribution in [2.75, 3.05) is 26.8 Å². The quantitative estimate of drug-likeness (QED) is 0.384. The maximum atomic E-state index is 10.6. The summed E-state index contributed by atoms with van der Waals surface area (Å²) in [4.78, 5) is 25.0. The third-order valence-electron chi connectivity index (χ3n) is 2.90. The Labute approximate surface area is 120 Å². The lowest BCUT2D eigenvalue weighted by Gasteiger charge is -2.33. The monoisotopic (exact) mass is 302 g/mol. The first kappa shape index (κ1) is 16.9. The molecule has 0 spiro atoms. The second-order valence-corrected chi connectivity index (χ2v) is 4.65. The SMILES string of the molecule is COC1=C(NCC(=O)O)CC(O)(CO)CC1=NCC(=O)O. The number of aliphatic hydroxyl groups excluding tert-OH is 1. The summed E-state index contributed by atoms with van der Waals surface area (Å²) in [6.07, 6.45) is -0.135. The molecule has 0 aromatic rings. The Balaban J connectivity index is 3.13. The molecular formula is C12H18N2O7. The van der Waals surface area contributed by atoms with Crippen molar-refractivity contribution in [3.8, 4) is 0 Å². The fourth-order valence-electron chi connectivity index (χ4n) is 2.01. The van der Waals surface area contributed by atoms with Crippen LogP contribution in [0.25, 0.3) is 0 Å². The molecule has 9 nitrogen and oxygen atoms in total. The van der Waals surface area contributed by atoms with E-state index in [1.54, 1.807) is 0 Å². The van der Waals surface area contributed by atoms with Crippen molar-refractivity contribution >= 4 is 17.7 Å². The molecule has 1 aliphatic carbocycles. The lowest BCUT2D eigenvalue weighted by atomic mass is 9.85. The van der Waals surface area contributed by atoms with Crippen molar-refractivity contribution in [3.05, 3.63) is 11.5 Å². The first-order valence-electron chi connectivity index (χ1n) is 6.13. The standard InChI is InChI=1S/C12H18N2O7/c1-21-11-7(13-4-9(16)17)2-12(20,6-15)3-8(11)14-5-10(18)19/h13,15,20H,2-6H2,1H3,(H,16,17)(H,18,19). The Morgan fingerprint density at radius 3 is 2.48 bits per heavy atom. The van der Waals surface area contributed by atoms with E-state index in [9.17, 15) is 19.8 Å². The fourth-order valence-corrected chi connectivity index (χ4v) is 2.01. The Kier molecular flexibility index (Phi) is 5.68. The molecule has 0 aromatic heterocycles. The normalized spacial score (nSPS) is 24.0. The van der Waals surface area contributed by atoms with Crippen LogP contribution < -0.4 is 5.32 Å². The zero-order valence-electron chi connectivity index (χ0n) is 11.5. The number of carbonyl (C=O) groups is 2. The zero-order valence-corrected chi connectivity index (χ0v) is 11.5. The summed E-state index contributed by atoms with van der Waals surface area (Å²) >= 11 is 0. The summed E-state index contributed by atoms with van der Waals surface area (Å²) in [7, 11) is 1.33. The molecule has 9 heteroatoms. The van der Waals surface area contributed by atoms with Crippen LogP contribution in [0.4, 0.5) is 0 Å². The molecule has 0 aromatic carbocycles. The average molecular weight is 302 g/mol. The van der Waals surface area contributed by atoms with Crippen LogP contribution in [0, 0.1) is 0 Å². The molecule has 0 saturated heterocycles. The second kappa shape index (κ2) is 7.04. The largest absolute Gasteiger partial charge is 0.493 e. The number of aliphatic hydroxyl groups is 2. The molecule has 0 fully saturated rings. The number of carboxylic acids is 2. The van der Waals surface area contributed by atoms with Crippen molar-refractivity contribution in [1.29, 1.82) is 0 Å². The summed E-state index contributed by atoms with van der Waals surface area (Å²) < 4.78 is 5.13. The minimum atomic E-state index is -1.54. The highest BCUT2D eigenvalue weighted by Gasteiger charge is 2.37. The van der Waals surface area contributed by atoms with Crippen LogP contribution in [0.2, 0.25) is 0 Å². The first-order valence-corrected chi connectivity index (χ1v) is 6.13. The van der Waals surface area contributed by atoms with Crippen LogP contribution in [0.5, 0.6) is 0 Å². The van der Waals surface area contributed by atoms with E-state index >= 15 is 0 Å². The van der Waals surface area contributed by atoms with Crippen LogP contribution in [0.1, 0.15) is 12.8 Å². The van der Waals surface area contributed by atoms with E-state index in [1.807, 2.05) is 0 Å². The molecule has 0 aliphatic heterocycles. The number of ether oxygens (including phenoxy) is 1. The number of hydrogen-bond donors (Lipinski definition) is 5. The second-order valence-electron chi connectivity index (χ2n) is 4.65. The Morgan fingerprint density at radius 1 is 1.33 bits per heavy atom. The van der Waals surface area contributed by atoms with Gasteiger partial charge in [0.25, 0.3) is 0 Å². The van der Waals surface area contributed by atoms with Crippen LogP contribution >= 0.6 is 0 Å². The molecule has 1 atom stereocenters. The van der Waals surface area contributed by atoms with Gasteiger partial charge in [0, 0.05) is 12.8 Å². The minimum absolute atomic E-state index is 0.0496. The number of hydrogen-bond acceptors (Lipinski definition) is 7. The molecule has 5 N–H and O–H groups in total. The van der Waals surface area contributed by atoms with Crippen LogP contribution in [0.3, 0.4) is 0 Å². The smallest absolute Gasteiger partial charge is 0.325 e. The molecule has 118 valence electrons. The van der Waals surface area contributed by atoms with Gasteiger partial charge in [-0.25, -0.2) is 0 Å². The first-order chi connectivity index (χ1) is 9.81. The van der Waals surface area contributed by atoms with E-state index in [0.29, 0.717) is 0 Å².